The van der Waals surface area contributed by atoms with Gasteiger partial charge in [0.1, 0.15) is 18.1 Å². The highest BCUT2D eigenvalue weighted by Gasteiger charge is 2.28. The molecule has 4 atom stereocenters. The van der Waals surface area contributed by atoms with Gasteiger partial charge in [0.2, 0.25) is 23.6 Å². The van der Waals surface area contributed by atoms with E-state index in [2.05, 4.69) is 16.0 Å². The highest BCUT2D eigenvalue weighted by atomic mass is 16.4. The third kappa shape index (κ3) is 14.4. The number of rotatable bonds is 19. The zero-order chi connectivity index (χ0) is 28.5. The smallest absolute Gasteiger partial charge is 0.326 e. The van der Waals surface area contributed by atoms with Gasteiger partial charge in [-0.1, -0.05) is 0 Å². The van der Waals surface area contributed by atoms with Crippen LogP contribution in [0.15, 0.2) is 0 Å². The topological polar surface area (TPSA) is 301 Å². The van der Waals surface area contributed by atoms with Crippen molar-refractivity contribution in [3.63, 3.8) is 0 Å². The Balaban J connectivity index is 5.09. The van der Waals surface area contributed by atoms with Gasteiger partial charge >= 0.3 is 17.9 Å². The first-order chi connectivity index (χ1) is 17.3. The SMILES string of the molecule is NCCCC[C@H](NC(=O)[C@H](CCC(=O)O)NC(=O)CNC(=O)[C@H](CO)NC(=O)[C@@H](N)CC(=O)O)C(=O)O. The molecule has 0 unspecified atom stereocenters. The Hall–Kier alpha value is -3.83. The molecule has 0 fully saturated rings. The minimum absolute atomic E-state index is 0.0539. The Labute approximate surface area is 211 Å². The molecule has 0 rings (SSSR count). The number of aliphatic hydroxyl groups is 1. The maximum absolute atomic E-state index is 12.6. The summed E-state index contributed by atoms with van der Waals surface area (Å²) >= 11 is 0. The zero-order valence-corrected chi connectivity index (χ0v) is 20.0. The van der Waals surface area contributed by atoms with Crippen molar-refractivity contribution in [2.75, 3.05) is 19.7 Å². The van der Waals surface area contributed by atoms with E-state index in [1.165, 1.54) is 0 Å². The van der Waals surface area contributed by atoms with Crippen molar-refractivity contribution >= 4 is 41.5 Å². The third-order valence-corrected chi connectivity index (χ3v) is 4.83. The number of aliphatic hydroxyl groups excluding tert-OH is 1. The van der Waals surface area contributed by atoms with Crippen LogP contribution in [0.3, 0.4) is 0 Å². The largest absolute Gasteiger partial charge is 0.481 e. The van der Waals surface area contributed by atoms with Crippen LogP contribution in [-0.2, 0) is 33.6 Å². The maximum Gasteiger partial charge on any atom is 0.326 e. The summed E-state index contributed by atoms with van der Waals surface area (Å²) in [5.41, 5.74) is 10.7. The number of amides is 4. The molecule has 0 aliphatic rings. The average molecular weight is 535 g/mol. The van der Waals surface area contributed by atoms with E-state index in [0.29, 0.717) is 19.4 Å². The molecule has 37 heavy (non-hydrogen) atoms. The molecule has 210 valence electrons. The lowest BCUT2D eigenvalue weighted by Crippen LogP contribution is -2.56. The van der Waals surface area contributed by atoms with Crippen molar-refractivity contribution in [1.29, 1.82) is 0 Å². The van der Waals surface area contributed by atoms with Crippen LogP contribution in [0.1, 0.15) is 38.5 Å². The number of carbonyl (C=O) groups excluding carboxylic acids is 4. The average Bonchev–Trinajstić information content (AvgIpc) is 2.81. The number of carbonyl (C=O) groups is 7. The van der Waals surface area contributed by atoms with E-state index >= 15 is 0 Å². The molecule has 12 N–H and O–H groups in total. The summed E-state index contributed by atoms with van der Waals surface area (Å²) < 4.78 is 0. The predicted molar refractivity (Wildman–Crippen MR) is 124 cm³/mol. The van der Waals surface area contributed by atoms with Crippen LogP contribution in [0.25, 0.3) is 0 Å². The van der Waals surface area contributed by atoms with E-state index in [1.54, 1.807) is 0 Å². The molecule has 0 saturated heterocycles. The van der Waals surface area contributed by atoms with Gasteiger partial charge in [-0.3, -0.25) is 28.8 Å². The fourth-order valence-electron chi connectivity index (χ4n) is 2.85. The lowest BCUT2D eigenvalue weighted by molar-refractivity contribution is -0.143. The first kappa shape index (κ1) is 33.2. The number of hydrogen-bond donors (Lipinski definition) is 10. The molecule has 0 spiro atoms. The van der Waals surface area contributed by atoms with Crippen LogP contribution in [0.4, 0.5) is 0 Å². The van der Waals surface area contributed by atoms with E-state index in [-0.39, 0.29) is 12.8 Å². The normalized spacial score (nSPS) is 13.8. The molecule has 0 heterocycles. The van der Waals surface area contributed by atoms with Crippen LogP contribution in [0, 0.1) is 0 Å². The van der Waals surface area contributed by atoms with Crippen molar-refractivity contribution < 1.29 is 54.0 Å². The van der Waals surface area contributed by atoms with Gasteiger partial charge in [-0.05, 0) is 32.2 Å². The van der Waals surface area contributed by atoms with Gasteiger partial charge in [0.25, 0.3) is 0 Å². The highest BCUT2D eigenvalue weighted by Crippen LogP contribution is 2.04. The molecule has 0 bridgehead atoms. The summed E-state index contributed by atoms with van der Waals surface area (Å²) in [4.78, 5) is 81.8. The van der Waals surface area contributed by atoms with Crippen molar-refractivity contribution in [2.45, 2.75) is 62.7 Å². The fourth-order valence-corrected chi connectivity index (χ4v) is 2.85. The van der Waals surface area contributed by atoms with Crippen LogP contribution in [0.5, 0.6) is 0 Å². The number of carboxylic acid groups (broad SMARTS) is 3. The molecular formula is C20H34N6O11. The second-order valence-corrected chi connectivity index (χ2v) is 7.90. The number of carboxylic acids is 3. The minimum Gasteiger partial charge on any atom is -0.481 e. The summed E-state index contributed by atoms with van der Waals surface area (Å²) in [7, 11) is 0. The predicted octanol–water partition coefficient (Wildman–Crippen LogP) is -4.57. The summed E-state index contributed by atoms with van der Waals surface area (Å²) in [5.74, 6) is -7.96. The van der Waals surface area contributed by atoms with Crippen LogP contribution >= 0.6 is 0 Å². The molecule has 0 radical (unpaired) electrons. The monoisotopic (exact) mass is 534 g/mol. The van der Waals surface area contributed by atoms with Gasteiger partial charge in [-0.2, -0.15) is 0 Å². The van der Waals surface area contributed by atoms with E-state index in [4.69, 9.17) is 21.7 Å². The van der Waals surface area contributed by atoms with E-state index in [1.807, 2.05) is 5.32 Å². The van der Waals surface area contributed by atoms with E-state index in [0.717, 1.165) is 0 Å². The molecule has 17 nitrogen and oxygen atoms in total. The van der Waals surface area contributed by atoms with E-state index in [9.17, 15) is 43.8 Å². The van der Waals surface area contributed by atoms with Crippen LogP contribution in [0.2, 0.25) is 0 Å². The van der Waals surface area contributed by atoms with Gasteiger partial charge in [0.05, 0.1) is 25.6 Å². The summed E-state index contributed by atoms with van der Waals surface area (Å²) in [5, 5.41) is 44.7. The first-order valence-electron chi connectivity index (χ1n) is 11.2. The van der Waals surface area contributed by atoms with E-state index < -0.39 is 91.7 Å². The zero-order valence-electron chi connectivity index (χ0n) is 20.0. The molecule has 0 saturated carbocycles. The lowest BCUT2D eigenvalue weighted by atomic mass is 10.1. The maximum atomic E-state index is 12.6. The number of nitrogens with one attached hydrogen (secondary N) is 4. The van der Waals surface area contributed by atoms with Crippen LogP contribution < -0.4 is 32.7 Å². The number of unbranched alkanes of at least 4 members (excludes halogenated alkanes) is 1. The standard InChI is InChI=1S/C20H34N6O11/c21-6-2-1-3-12(20(36)37)25-19(35)11(4-5-15(29)30)24-14(28)8-23-18(34)13(9-27)26-17(33)10(22)7-16(31)32/h10-13,27H,1-9,21-22H2,(H,23,34)(H,24,28)(H,25,35)(H,26,33)(H,29,30)(H,31,32)(H,36,37)/t10-,11-,12-,13-/m0/s1. The molecular weight excluding hydrogens is 500 g/mol. The van der Waals surface area contributed by atoms with Gasteiger partial charge in [0, 0.05) is 6.42 Å². The molecule has 17 heteroatoms. The van der Waals surface area contributed by atoms with Crippen molar-refractivity contribution in [2.24, 2.45) is 11.5 Å². The minimum atomic E-state index is -1.57. The van der Waals surface area contributed by atoms with Gasteiger partial charge in [-0.15, -0.1) is 0 Å². The summed E-state index contributed by atoms with van der Waals surface area (Å²) in [6, 6.07) is -5.82. The number of nitrogens with two attached hydrogens (primary N) is 2. The quantitative estimate of drug-likeness (QED) is 0.0699. The lowest BCUT2D eigenvalue weighted by Gasteiger charge is -2.22. The second-order valence-electron chi connectivity index (χ2n) is 7.90. The van der Waals surface area contributed by atoms with Crippen molar-refractivity contribution in [3.05, 3.63) is 0 Å². The molecule has 0 aromatic carbocycles. The molecule has 0 aliphatic heterocycles. The molecule has 0 aromatic rings. The Morgan fingerprint density at radius 1 is 0.730 bits per heavy atom. The summed E-state index contributed by atoms with van der Waals surface area (Å²) in [6.45, 7) is -1.36. The summed E-state index contributed by atoms with van der Waals surface area (Å²) in [6.07, 6.45) is -0.686. The Bertz CT molecular complexity index is 838. The van der Waals surface area contributed by atoms with Gasteiger partial charge in [0.15, 0.2) is 0 Å². The Kier molecular flexibility index (Phi) is 15.8. The molecule has 0 aromatic heterocycles. The first-order valence-corrected chi connectivity index (χ1v) is 11.2. The Morgan fingerprint density at radius 3 is 1.86 bits per heavy atom. The Morgan fingerprint density at radius 2 is 1.35 bits per heavy atom. The van der Waals surface area contributed by atoms with Gasteiger partial charge < -0.3 is 53.2 Å². The number of aliphatic carboxylic acids is 3. The van der Waals surface area contributed by atoms with Crippen molar-refractivity contribution in [1.82, 2.24) is 21.3 Å². The third-order valence-electron chi connectivity index (χ3n) is 4.83. The van der Waals surface area contributed by atoms with Crippen LogP contribution in [-0.4, -0.2) is 106 Å². The fraction of sp³-hybridized carbons (Fsp3) is 0.650. The van der Waals surface area contributed by atoms with Gasteiger partial charge in [-0.25, -0.2) is 4.79 Å². The molecule has 0 aliphatic carbocycles. The number of hydrogen-bond acceptors (Lipinski definition) is 10. The molecule has 4 amide bonds. The second kappa shape index (κ2) is 17.6. The highest BCUT2D eigenvalue weighted by molar-refractivity contribution is 5.94. The van der Waals surface area contributed by atoms with Crippen molar-refractivity contribution in [3.8, 4) is 0 Å².